The summed E-state index contributed by atoms with van der Waals surface area (Å²) in [5.41, 5.74) is 3.24. The number of morpholine rings is 1. The Labute approximate surface area is 204 Å². The number of rotatable bonds is 7. The van der Waals surface area contributed by atoms with Crippen molar-refractivity contribution in [3.8, 4) is 5.69 Å². The molecule has 2 aromatic carbocycles. The first-order chi connectivity index (χ1) is 16.3. The van der Waals surface area contributed by atoms with E-state index in [0.29, 0.717) is 22.6 Å². The van der Waals surface area contributed by atoms with Crippen LogP contribution < -0.4 is 10.9 Å². The Hall–Kier alpha value is -2.68. The average molecular weight is 481 g/mol. The molecule has 1 amide bonds. The van der Waals surface area contributed by atoms with Crippen molar-refractivity contribution in [3.05, 3.63) is 63.9 Å². The Morgan fingerprint density at radius 3 is 2.62 bits per heavy atom. The van der Waals surface area contributed by atoms with Gasteiger partial charge in [0.2, 0.25) is 5.91 Å². The maximum atomic E-state index is 13.5. The van der Waals surface area contributed by atoms with Crippen LogP contribution >= 0.6 is 11.8 Å². The van der Waals surface area contributed by atoms with Crippen LogP contribution in [0.5, 0.6) is 0 Å². The lowest BCUT2D eigenvalue weighted by molar-refractivity contribution is -0.119. The van der Waals surface area contributed by atoms with Gasteiger partial charge in [-0.05, 0) is 57.0 Å². The van der Waals surface area contributed by atoms with Crippen LogP contribution in [0.25, 0.3) is 16.6 Å². The van der Waals surface area contributed by atoms with Crippen LogP contribution in [-0.4, -0.2) is 64.5 Å². The molecule has 1 aromatic heterocycles. The number of fused-ring (bicyclic) bond motifs is 1. The van der Waals surface area contributed by atoms with Crippen molar-refractivity contribution in [2.75, 3.05) is 38.6 Å². The van der Waals surface area contributed by atoms with E-state index in [4.69, 9.17) is 9.72 Å². The fourth-order valence-corrected chi connectivity index (χ4v) is 5.01. The highest BCUT2D eigenvalue weighted by atomic mass is 32.2. The van der Waals surface area contributed by atoms with Crippen molar-refractivity contribution in [2.24, 2.45) is 0 Å². The number of hydrogen-bond donors (Lipinski definition) is 1. The first kappa shape index (κ1) is 24.4. The minimum atomic E-state index is -0.161. The molecule has 7 nitrogen and oxygen atoms in total. The summed E-state index contributed by atoms with van der Waals surface area (Å²) in [5, 5.41) is 4.14. The van der Waals surface area contributed by atoms with Gasteiger partial charge in [0, 0.05) is 25.2 Å². The zero-order valence-corrected chi connectivity index (χ0v) is 21.1. The van der Waals surface area contributed by atoms with Gasteiger partial charge in [-0.3, -0.25) is 19.1 Å². The third-order valence-corrected chi connectivity index (χ3v) is 7.42. The maximum absolute atomic E-state index is 13.5. The van der Waals surface area contributed by atoms with Gasteiger partial charge in [0.05, 0.1) is 35.6 Å². The summed E-state index contributed by atoms with van der Waals surface area (Å²) in [5.74, 6) is 0.0933. The Morgan fingerprint density at radius 1 is 1.12 bits per heavy atom. The van der Waals surface area contributed by atoms with E-state index in [1.807, 2.05) is 50.2 Å². The van der Waals surface area contributed by atoms with Crippen molar-refractivity contribution in [1.29, 1.82) is 0 Å². The van der Waals surface area contributed by atoms with Crippen LogP contribution in [-0.2, 0) is 9.53 Å². The Morgan fingerprint density at radius 2 is 1.85 bits per heavy atom. The Bertz CT molecular complexity index is 1250. The summed E-state index contributed by atoms with van der Waals surface area (Å²) in [6.07, 6.45) is 0. The lowest BCUT2D eigenvalue weighted by Crippen LogP contribution is -2.55. The molecule has 1 saturated heterocycles. The zero-order valence-electron chi connectivity index (χ0n) is 20.3. The highest BCUT2D eigenvalue weighted by molar-refractivity contribution is 7.99. The normalized spacial score (nSPS) is 14.9. The first-order valence-electron chi connectivity index (χ1n) is 11.6. The third kappa shape index (κ3) is 5.19. The zero-order chi connectivity index (χ0) is 24.3. The van der Waals surface area contributed by atoms with Gasteiger partial charge in [0.1, 0.15) is 0 Å². The molecule has 0 unspecified atom stereocenters. The molecule has 2 heterocycles. The quantitative estimate of drug-likeness (QED) is 0.413. The highest BCUT2D eigenvalue weighted by Gasteiger charge is 2.28. The van der Waals surface area contributed by atoms with E-state index in [1.54, 1.807) is 10.6 Å². The van der Waals surface area contributed by atoms with E-state index in [9.17, 15) is 9.59 Å². The van der Waals surface area contributed by atoms with E-state index in [2.05, 4.69) is 24.1 Å². The number of carbonyl (C=O) groups excluding carboxylic acids is 1. The standard InChI is InChI=1S/C26H32N4O3S/c1-18-8-7-11-22(19(18)2)30-24(32)20-9-5-6-10-21(20)28-25(30)34-16-23(31)27-17-26(3,4)29-12-14-33-15-13-29/h5-11H,12-17H2,1-4H3,(H,27,31). The molecule has 1 fully saturated rings. The summed E-state index contributed by atoms with van der Waals surface area (Å²) < 4.78 is 7.08. The second-order valence-corrected chi connectivity index (χ2v) is 10.2. The van der Waals surface area contributed by atoms with E-state index in [0.717, 1.165) is 43.1 Å². The number of ether oxygens (including phenoxy) is 1. The molecule has 0 radical (unpaired) electrons. The van der Waals surface area contributed by atoms with Gasteiger partial charge in [0.25, 0.3) is 5.56 Å². The highest BCUT2D eigenvalue weighted by Crippen LogP contribution is 2.24. The van der Waals surface area contributed by atoms with Crippen LogP contribution in [0.2, 0.25) is 0 Å². The maximum Gasteiger partial charge on any atom is 0.266 e. The molecule has 1 aliphatic rings. The van der Waals surface area contributed by atoms with Gasteiger partial charge in [-0.15, -0.1) is 0 Å². The smallest absolute Gasteiger partial charge is 0.266 e. The predicted molar refractivity (Wildman–Crippen MR) is 137 cm³/mol. The monoisotopic (exact) mass is 480 g/mol. The van der Waals surface area contributed by atoms with Crippen LogP contribution in [0.1, 0.15) is 25.0 Å². The summed E-state index contributed by atoms with van der Waals surface area (Å²) in [6.45, 7) is 12.0. The molecule has 0 atom stereocenters. The van der Waals surface area contributed by atoms with Crippen molar-refractivity contribution in [3.63, 3.8) is 0 Å². The van der Waals surface area contributed by atoms with Crippen LogP contribution in [0.3, 0.4) is 0 Å². The second-order valence-electron chi connectivity index (χ2n) is 9.25. The summed E-state index contributed by atoms with van der Waals surface area (Å²) in [6, 6.07) is 13.2. The molecule has 1 N–H and O–H groups in total. The van der Waals surface area contributed by atoms with Crippen molar-refractivity contribution in [1.82, 2.24) is 19.8 Å². The van der Waals surface area contributed by atoms with Gasteiger partial charge < -0.3 is 10.1 Å². The fraction of sp³-hybridized carbons (Fsp3) is 0.423. The predicted octanol–water partition coefficient (Wildman–Crippen LogP) is 3.32. The molecule has 0 bridgehead atoms. The Balaban J connectivity index is 1.56. The van der Waals surface area contributed by atoms with Gasteiger partial charge >= 0.3 is 0 Å². The lowest BCUT2D eigenvalue weighted by Gasteiger charge is -2.40. The van der Waals surface area contributed by atoms with Crippen LogP contribution in [0.4, 0.5) is 0 Å². The molecule has 0 saturated carbocycles. The molecule has 3 aromatic rings. The van der Waals surface area contributed by atoms with Crippen molar-refractivity contribution in [2.45, 2.75) is 38.4 Å². The number of amides is 1. The van der Waals surface area contributed by atoms with Crippen LogP contribution in [0.15, 0.2) is 52.4 Å². The molecular formula is C26H32N4O3S. The van der Waals surface area contributed by atoms with Gasteiger partial charge in [0.15, 0.2) is 5.16 Å². The SMILES string of the molecule is Cc1cccc(-n2c(SCC(=O)NCC(C)(C)N3CCOCC3)nc3ccccc3c2=O)c1C. The third-order valence-electron chi connectivity index (χ3n) is 6.48. The molecule has 0 aliphatic carbocycles. The molecule has 180 valence electrons. The second kappa shape index (κ2) is 10.3. The van der Waals surface area contributed by atoms with Gasteiger partial charge in [-0.1, -0.05) is 36.0 Å². The minimum Gasteiger partial charge on any atom is -0.379 e. The number of aryl methyl sites for hydroxylation is 1. The number of nitrogens with one attached hydrogen (secondary N) is 1. The molecule has 34 heavy (non-hydrogen) atoms. The molecule has 0 spiro atoms. The first-order valence-corrected chi connectivity index (χ1v) is 12.6. The van der Waals surface area contributed by atoms with E-state index in [-0.39, 0.29) is 22.8 Å². The number of aromatic nitrogens is 2. The average Bonchev–Trinajstić information content (AvgIpc) is 2.84. The van der Waals surface area contributed by atoms with Gasteiger partial charge in [-0.2, -0.15) is 0 Å². The summed E-state index contributed by atoms with van der Waals surface area (Å²) in [7, 11) is 0. The number of thioether (sulfide) groups is 1. The molecule has 8 heteroatoms. The number of para-hydroxylation sites is 1. The van der Waals surface area contributed by atoms with E-state index < -0.39 is 0 Å². The van der Waals surface area contributed by atoms with Crippen molar-refractivity contribution < 1.29 is 9.53 Å². The summed E-state index contributed by atoms with van der Waals surface area (Å²) in [4.78, 5) is 33.4. The molecule has 1 aliphatic heterocycles. The number of carbonyl (C=O) groups is 1. The van der Waals surface area contributed by atoms with Gasteiger partial charge in [-0.25, -0.2) is 4.98 Å². The van der Waals surface area contributed by atoms with Crippen molar-refractivity contribution >= 4 is 28.6 Å². The number of hydrogen-bond acceptors (Lipinski definition) is 6. The fourth-order valence-electron chi connectivity index (χ4n) is 4.18. The lowest BCUT2D eigenvalue weighted by atomic mass is 10.0. The minimum absolute atomic E-state index is 0.0822. The Kier molecular flexibility index (Phi) is 7.40. The van der Waals surface area contributed by atoms with E-state index in [1.165, 1.54) is 11.8 Å². The largest absolute Gasteiger partial charge is 0.379 e. The summed E-state index contributed by atoms with van der Waals surface area (Å²) >= 11 is 1.29. The molecule has 4 rings (SSSR count). The number of benzene rings is 2. The topological polar surface area (TPSA) is 76.5 Å². The van der Waals surface area contributed by atoms with E-state index >= 15 is 0 Å². The van der Waals surface area contributed by atoms with Crippen LogP contribution in [0, 0.1) is 13.8 Å². The molecular weight excluding hydrogens is 448 g/mol. The number of nitrogens with zero attached hydrogens (tertiary/aromatic N) is 3.